The van der Waals surface area contributed by atoms with Crippen LogP contribution < -0.4 is 16.0 Å². The van der Waals surface area contributed by atoms with Gasteiger partial charge in [0.15, 0.2) is 5.96 Å². The topological polar surface area (TPSA) is 65.5 Å². The molecule has 24 heavy (non-hydrogen) atoms. The molecule has 1 aromatic carbocycles. The van der Waals surface area contributed by atoms with Crippen molar-refractivity contribution in [2.45, 2.75) is 66.1 Å². The average molecular weight is 332 g/mol. The molecule has 5 nitrogen and oxygen atoms in total. The number of carbonyl (C=O) groups is 1. The lowest BCUT2D eigenvalue weighted by molar-refractivity contribution is 0.0939. The summed E-state index contributed by atoms with van der Waals surface area (Å²) in [7, 11) is 0. The molecule has 1 amide bonds. The summed E-state index contributed by atoms with van der Waals surface area (Å²) in [6.45, 7) is 11.7. The van der Waals surface area contributed by atoms with Crippen LogP contribution in [-0.4, -0.2) is 30.5 Å². The summed E-state index contributed by atoms with van der Waals surface area (Å²) < 4.78 is 0. The Labute approximate surface area is 146 Å². The minimum absolute atomic E-state index is 0.0279. The standard InChI is InChI=1S/C19H32N4O/c1-6-14(4)22-18(24)17-11-9-10-16(12-17)13-21-19(20-8-3)23-15(5)7-2/h9-12,14-15H,6-8,13H2,1-5H3,(H,22,24)(H2,20,21,23). The number of aliphatic imine (C=N–C) groups is 1. The van der Waals surface area contributed by atoms with Gasteiger partial charge >= 0.3 is 0 Å². The third-order valence-electron chi connectivity index (χ3n) is 3.94. The second kappa shape index (κ2) is 10.7. The molecule has 5 heteroatoms. The molecule has 0 radical (unpaired) electrons. The van der Waals surface area contributed by atoms with Crippen LogP contribution in [-0.2, 0) is 6.54 Å². The third-order valence-corrected chi connectivity index (χ3v) is 3.94. The highest BCUT2D eigenvalue weighted by Crippen LogP contribution is 2.07. The molecule has 1 aromatic rings. The van der Waals surface area contributed by atoms with Crippen molar-refractivity contribution in [2.75, 3.05) is 6.54 Å². The van der Waals surface area contributed by atoms with Gasteiger partial charge in [0.2, 0.25) is 0 Å². The lowest BCUT2D eigenvalue weighted by atomic mass is 10.1. The van der Waals surface area contributed by atoms with E-state index in [9.17, 15) is 4.79 Å². The van der Waals surface area contributed by atoms with Gasteiger partial charge < -0.3 is 16.0 Å². The molecule has 0 spiro atoms. The predicted molar refractivity (Wildman–Crippen MR) is 101 cm³/mol. The molecular weight excluding hydrogens is 300 g/mol. The second-order valence-electron chi connectivity index (χ2n) is 6.13. The van der Waals surface area contributed by atoms with Crippen LogP contribution in [0.25, 0.3) is 0 Å². The van der Waals surface area contributed by atoms with Crippen molar-refractivity contribution in [1.82, 2.24) is 16.0 Å². The molecule has 0 aliphatic heterocycles. The van der Waals surface area contributed by atoms with Crippen LogP contribution >= 0.6 is 0 Å². The Balaban J connectivity index is 2.77. The van der Waals surface area contributed by atoms with Gasteiger partial charge in [0.05, 0.1) is 6.54 Å². The number of carbonyl (C=O) groups excluding carboxylic acids is 1. The van der Waals surface area contributed by atoms with E-state index in [1.54, 1.807) is 0 Å². The Morgan fingerprint density at radius 3 is 2.38 bits per heavy atom. The van der Waals surface area contributed by atoms with Gasteiger partial charge in [-0.05, 0) is 51.3 Å². The fourth-order valence-electron chi connectivity index (χ4n) is 2.05. The second-order valence-corrected chi connectivity index (χ2v) is 6.13. The van der Waals surface area contributed by atoms with E-state index in [0.717, 1.165) is 30.9 Å². The average Bonchev–Trinajstić information content (AvgIpc) is 2.59. The monoisotopic (exact) mass is 332 g/mol. The molecule has 0 aliphatic carbocycles. The molecule has 0 saturated heterocycles. The number of amides is 1. The largest absolute Gasteiger partial charge is 0.357 e. The van der Waals surface area contributed by atoms with Gasteiger partial charge in [-0.2, -0.15) is 0 Å². The molecule has 2 unspecified atom stereocenters. The van der Waals surface area contributed by atoms with Crippen LogP contribution in [0.15, 0.2) is 29.3 Å². The van der Waals surface area contributed by atoms with Gasteiger partial charge in [-0.3, -0.25) is 4.79 Å². The zero-order valence-corrected chi connectivity index (χ0v) is 15.6. The van der Waals surface area contributed by atoms with E-state index >= 15 is 0 Å². The van der Waals surface area contributed by atoms with E-state index in [0.29, 0.717) is 18.2 Å². The quantitative estimate of drug-likeness (QED) is 0.506. The maximum atomic E-state index is 12.2. The summed E-state index contributed by atoms with van der Waals surface area (Å²) >= 11 is 0. The van der Waals surface area contributed by atoms with E-state index in [-0.39, 0.29) is 11.9 Å². The normalized spacial score (nSPS) is 14.0. The van der Waals surface area contributed by atoms with Crippen molar-refractivity contribution >= 4 is 11.9 Å². The maximum Gasteiger partial charge on any atom is 0.251 e. The van der Waals surface area contributed by atoms with Gasteiger partial charge in [0, 0.05) is 24.2 Å². The van der Waals surface area contributed by atoms with Gasteiger partial charge in [-0.15, -0.1) is 0 Å². The van der Waals surface area contributed by atoms with Crippen LogP contribution in [0.5, 0.6) is 0 Å². The molecule has 2 atom stereocenters. The highest BCUT2D eigenvalue weighted by atomic mass is 16.1. The summed E-state index contributed by atoms with van der Waals surface area (Å²) in [5.41, 5.74) is 1.70. The Morgan fingerprint density at radius 2 is 1.75 bits per heavy atom. The zero-order valence-electron chi connectivity index (χ0n) is 15.6. The first kappa shape index (κ1) is 20.0. The van der Waals surface area contributed by atoms with Gasteiger partial charge in [0.1, 0.15) is 0 Å². The first-order valence-corrected chi connectivity index (χ1v) is 8.94. The highest BCUT2D eigenvalue weighted by molar-refractivity contribution is 5.94. The van der Waals surface area contributed by atoms with Crippen molar-refractivity contribution in [3.63, 3.8) is 0 Å². The number of benzene rings is 1. The van der Waals surface area contributed by atoms with Gasteiger partial charge in [-0.25, -0.2) is 4.99 Å². The van der Waals surface area contributed by atoms with Crippen LogP contribution in [0.2, 0.25) is 0 Å². The van der Waals surface area contributed by atoms with Crippen molar-refractivity contribution in [3.8, 4) is 0 Å². The molecule has 0 bridgehead atoms. The SMILES string of the molecule is CCNC(=NCc1cccc(C(=O)NC(C)CC)c1)NC(C)CC. The van der Waals surface area contributed by atoms with Crippen LogP contribution in [0.1, 0.15) is 63.4 Å². The minimum Gasteiger partial charge on any atom is -0.357 e. The molecule has 3 N–H and O–H groups in total. The number of guanidine groups is 1. The summed E-state index contributed by atoms with van der Waals surface area (Å²) in [6.07, 6.45) is 1.96. The molecule has 134 valence electrons. The first-order chi connectivity index (χ1) is 11.5. The number of hydrogen-bond acceptors (Lipinski definition) is 2. The Bertz CT molecular complexity index is 542. The lowest BCUT2D eigenvalue weighted by Crippen LogP contribution is -2.41. The molecule has 0 aromatic heterocycles. The number of rotatable bonds is 8. The maximum absolute atomic E-state index is 12.2. The van der Waals surface area contributed by atoms with Crippen molar-refractivity contribution in [1.29, 1.82) is 0 Å². The Kier molecular flexibility index (Phi) is 8.90. The summed E-state index contributed by atoms with van der Waals surface area (Å²) in [5.74, 6) is 0.779. The van der Waals surface area contributed by atoms with Crippen LogP contribution in [0.4, 0.5) is 0 Å². The summed E-state index contributed by atoms with van der Waals surface area (Å²) in [6, 6.07) is 8.21. The number of hydrogen-bond donors (Lipinski definition) is 3. The van der Waals surface area contributed by atoms with E-state index in [4.69, 9.17) is 0 Å². The van der Waals surface area contributed by atoms with Crippen LogP contribution in [0.3, 0.4) is 0 Å². The van der Waals surface area contributed by atoms with Crippen molar-refractivity contribution in [2.24, 2.45) is 4.99 Å². The minimum atomic E-state index is -0.0279. The highest BCUT2D eigenvalue weighted by Gasteiger charge is 2.09. The lowest BCUT2D eigenvalue weighted by Gasteiger charge is -2.16. The molecule has 0 saturated carbocycles. The first-order valence-electron chi connectivity index (χ1n) is 8.94. The molecule has 0 fully saturated rings. The smallest absolute Gasteiger partial charge is 0.251 e. The van der Waals surface area contributed by atoms with Crippen molar-refractivity contribution < 1.29 is 4.79 Å². The van der Waals surface area contributed by atoms with E-state index in [1.807, 2.05) is 38.1 Å². The fraction of sp³-hybridized carbons (Fsp3) is 0.579. The Hall–Kier alpha value is -2.04. The fourth-order valence-corrected chi connectivity index (χ4v) is 2.05. The number of nitrogens with one attached hydrogen (secondary N) is 3. The van der Waals surface area contributed by atoms with Gasteiger partial charge in [0.25, 0.3) is 5.91 Å². The molecule has 0 heterocycles. The molecule has 0 aliphatic rings. The summed E-state index contributed by atoms with van der Waals surface area (Å²) in [5, 5.41) is 9.61. The van der Waals surface area contributed by atoms with E-state index < -0.39 is 0 Å². The zero-order chi connectivity index (χ0) is 17.9. The van der Waals surface area contributed by atoms with E-state index in [2.05, 4.69) is 41.7 Å². The van der Waals surface area contributed by atoms with Crippen molar-refractivity contribution in [3.05, 3.63) is 35.4 Å². The van der Waals surface area contributed by atoms with Crippen LogP contribution in [0, 0.1) is 0 Å². The third kappa shape index (κ3) is 7.02. The van der Waals surface area contributed by atoms with E-state index in [1.165, 1.54) is 0 Å². The predicted octanol–water partition coefficient (Wildman–Crippen LogP) is 3.07. The number of nitrogens with zero attached hydrogens (tertiary/aromatic N) is 1. The molecule has 1 rings (SSSR count). The summed E-state index contributed by atoms with van der Waals surface area (Å²) in [4.78, 5) is 16.8. The Morgan fingerprint density at radius 1 is 1.08 bits per heavy atom. The van der Waals surface area contributed by atoms with Gasteiger partial charge in [-0.1, -0.05) is 26.0 Å². The molecular formula is C19H32N4O.